The molecular weight excluding hydrogens is 414 g/mol. The lowest BCUT2D eigenvalue weighted by Gasteiger charge is -2.11. The van der Waals surface area contributed by atoms with Crippen LogP contribution < -0.4 is 14.8 Å². The first-order chi connectivity index (χ1) is 14.8. The van der Waals surface area contributed by atoms with E-state index in [0.717, 1.165) is 19.3 Å². The van der Waals surface area contributed by atoms with Crippen molar-refractivity contribution in [3.63, 3.8) is 0 Å². The zero-order valence-electron chi connectivity index (χ0n) is 17.9. The third-order valence-corrected chi connectivity index (χ3v) is 6.15. The molecule has 1 heterocycles. The van der Waals surface area contributed by atoms with Crippen molar-refractivity contribution in [1.82, 2.24) is 4.72 Å². The molecule has 0 fully saturated rings. The van der Waals surface area contributed by atoms with E-state index in [0.29, 0.717) is 48.3 Å². The fourth-order valence-electron chi connectivity index (χ4n) is 3.06. The quantitative estimate of drug-likeness (QED) is 0.669. The standard InChI is InChI=1S/C23H29N3O4S/c1-17(2)16-30-20-11-7-18(8-12-20)23(27)25-19-9-13-21(14-10-19)31(28,29)26-22-6-4-3-5-15-24-22/h7-14,17H,3-6,15-16H2,1-2H3,(H,24,26)(H,25,27). The molecule has 0 saturated heterocycles. The third-order valence-electron chi connectivity index (χ3n) is 4.75. The highest BCUT2D eigenvalue weighted by Gasteiger charge is 2.17. The zero-order valence-corrected chi connectivity index (χ0v) is 18.7. The van der Waals surface area contributed by atoms with Gasteiger partial charge in [0.1, 0.15) is 11.6 Å². The second kappa shape index (κ2) is 10.4. The van der Waals surface area contributed by atoms with Crippen LogP contribution in [0.2, 0.25) is 0 Å². The van der Waals surface area contributed by atoms with Gasteiger partial charge in [-0.15, -0.1) is 0 Å². The molecule has 2 aromatic carbocycles. The summed E-state index contributed by atoms with van der Waals surface area (Å²) in [5, 5.41) is 2.78. The molecule has 1 aliphatic heterocycles. The number of hydrogen-bond acceptors (Lipinski definition) is 5. The van der Waals surface area contributed by atoms with Crippen molar-refractivity contribution in [3.05, 3.63) is 54.1 Å². The maximum atomic E-state index is 12.6. The molecular formula is C23H29N3O4S. The molecule has 0 radical (unpaired) electrons. The number of aliphatic imine (C=N–C) groups is 1. The summed E-state index contributed by atoms with van der Waals surface area (Å²) in [6, 6.07) is 13.0. The topological polar surface area (TPSA) is 96.9 Å². The average molecular weight is 444 g/mol. The highest BCUT2D eigenvalue weighted by atomic mass is 32.2. The van der Waals surface area contributed by atoms with Gasteiger partial charge in [-0.1, -0.05) is 20.3 Å². The van der Waals surface area contributed by atoms with Gasteiger partial charge in [0, 0.05) is 24.2 Å². The van der Waals surface area contributed by atoms with Gasteiger partial charge in [0.2, 0.25) is 0 Å². The summed E-state index contributed by atoms with van der Waals surface area (Å²) in [5.41, 5.74) is 0.998. The van der Waals surface area contributed by atoms with Gasteiger partial charge in [0.05, 0.1) is 11.5 Å². The van der Waals surface area contributed by atoms with Gasteiger partial charge in [-0.2, -0.15) is 0 Å². The largest absolute Gasteiger partial charge is 0.493 e. The van der Waals surface area contributed by atoms with Crippen LogP contribution in [0.5, 0.6) is 5.75 Å². The first kappa shape index (κ1) is 22.8. The number of amides is 1. The fourth-order valence-corrected chi connectivity index (χ4v) is 4.15. The smallest absolute Gasteiger partial charge is 0.262 e. The van der Waals surface area contributed by atoms with Crippen LogP contribution in [-0.2, 0) is 10.0 Å². The van der Waals surface area contributed by atoms with Crippen molar-refractivity contribution >= 4 is 27.5 Å². The highest BCUT2D eigenvalue weighted by Crippen LogP contribution is 2.18. The minimum Gasteiger partial charge on any atom is -0.493 e. The van der Waals surface area contributed by atoms with Crippen LogP contribution in [0.4, 0.5) is 5.69 Å². The molecule has 1 amide bonds. The predicted molar refractivity (Wildman–Crippen MR) is 122 cm³/mol. The number of benzene rings is 2. The second-order valence-corrected chi connectivity index (χ2v) is 9.63. The van der Waals surface area contributed by atoms with Crippen molar-refractivity contribution in [2.24, 2.45) is 10.9 Å². The molecule has 0 saturated carbocycles. The maximum absolute atomic E-state index is 12.6. The molecule has 2 aromatic rings. The molecule has 3 rings (SSSR count). The van der Waals surface area contributed by atoms with Crippen molar-refractivity contribution in [1.29, 1.82) is 0 Å². The Labute approximate surface area is 184 Å². The first-order valence-electron chi connectivity index (χ1n) is 10.5. The van der Waals surface area contributed by atoms with Gasteiger partial charge in [-0.25, -0.2) is 8.42 Å². The Bertz CT molecular complexity index is 1010. The molecule has 166 valence electrons. The van der Waals surface area contributed by atoms with E-state index in [2.05, 4.69) is 28.9 Å². The molecule has 31 heavy (non-hydrogen) atoms. The van der Waals surface area contributed by atoms with Crippen LogP contribution in [0, 0.1) is 5.92 Å². The minimum atomic E-state index is -3.70. The number of sulfonamides is 1. The number of nitrogens with one attached hydrogen (secondary N) is 2. The number of amidine groups is 1. The van der Waals surface area contributed by atoms with Crippen LogP contribution in [0.15, 0.2) is 58.4 Å². The van der Waals surface area contributed by atoms with Crippen LogP contribution in [0.3, 0.4) is 0 Å². The molecule has 8 heteroatoms. The summed E-state index contributed by atoms with van der Waals surface area (Å²) < 4.78 is 33.4. The van der Waals surface area contributed by atoms with E-state index in [9.17, 15) is 13.2 Å². The summed E-state index contributed by atoms with van der Waals surface area (Å²) in [6.07, 6.45) is 3.59. The Hall–Kier alpha value is -2.87. The lowest BCUT2D eigenvalue weighted by molar-refractivity contribution is 0.102. The molecule has 0 aromatic heterocycles. The summed E-state index contributed by atoms with van der Waals surface area (Å²) >= 11 is 0. The van der Waals surface area contributed by atoms with Crippen molar-refractivity contribution in [3.8, 4) is 5.75 Å². The van der Waals surface area contributed by atoms with E-state index >= 15 is 0 Å². The van der Waals surface area contributed by atoms with E-state index in [-0.39, 0.29) is 10.8 Å². The Morgan fingerprint density at radius 3 is 2.42 bits per heavy atom. The van der Waals surface area contributed by atoms with E-state index in [4.69, 9.17) is 4.74 Å². The molecule has 0 bridgehead atoms. The Morgan fingerprint density at radius 1 is 1.03 bits per heavy atom. The van der Waals surface area contributed by atoms with Gasteiger partial charge in [-0.05, 0) is 67.3 Å². The summed E-state index contributed by atoms with van der Waals surface area (Å²) in [4.78, 5) is 16.9. The van der Waals surface area contributed by atoms with Crippen molar-refractivity contribution < 1.29 is 17.9 Å². The predicted octanol–water partition coefficient (Wildman–Crippen LogP) is 4.22. The zero-order chi connectivity index (χ0) is 22.3. The fraction of sp³-hybridized carbons (Fsp3) is 0.391. The molecule has 0 aliphatic carbocycles. The van der Waals surface area contributed by atoms with Crippen LogP contribution in [0.25, 0.3) is 0 Å². The van der Waals surface area contributed by atoms with Gasteiger partial charge < -0.3 is 10.1 Å². The van der Waals surface area contributed by atoms with Gasteiger partial charge in [0.15, 0.2) is 0 Å². The number of rotatable bonds is 7. The van der Waals surface area contributed by atoms with Crippen LogP contribution in [-0.4, -0.2) is 33.3 Å². The number of anilines is 1. The highest BCUT2D eigenvalue weighted by molar-refractivity contribution is 7.90. The second-order valence-electron chi connectivity index (χ2n) is 7.95. The molecule has 0 spiro atoms. The minimum absolute atomic E-state index is 0.129. The molecule has 2 N–H and O–H groups in total. The van der Waals surface area contributed by atoms with Crippen LogP contribution in [0.1, 0.15) is 49.9 Å². The van der Waals surface area contributed by atoms with Gasteiger partial charge in [-0.3, -0.25) is 14.5 Å². The Morgan fingerprint density at radius 2 is 1.74 bits per heavy atom. The lowest BCUT2D eigenvalue weighted by atomic mass is 10.2. The lowest BCUT2D eigenvalue weighted by Crippen LogP contribution is -2.30. The maximum Gasteiger partial charge on any atom is 0.262 e. The van der Waals surface area contributed by atoms with E-state index in [1.807, 2.05) is 0 Å². The average Bonchev–Trinajstić information content (AvgIpc) is 3.01. The number of hydrogen-bond donors (Lipinski definition) is 2. The Kier molecular flexibility index (Phi) is 7.68. The van der Waals surface area contributed by atoms with E-state index in [1.54, 1.807) is 36.4 Å². The normalized spacial score (nSPS) is 14.5. The summed E-state index contributed by atoms with van der Waals surface area (Å²) in [7, 11) is -3.70. The van der Waals surface area contributed by atoms with E-state index in [1.165, 1.54) is 12.1 Å². The van der Waals surface area contributed by atoms with Crippen molar-refractivity contribution in [2.75, 3.05) is 18.5 Å². The van der Waals surface area contributed by atoms with Gasteiger partial charge in [0.25, 0.3) is 15.9 Å². The monoisotopic (exact) mass is 443 g/mol. The molecule has 7 nitrogen and oxygen atoms in total. The molecule has 0 unspecified atom stereocenters. The van der Waals surface area contributed by atoms with Crippen molar-refractivity contribution in [2.45, 2.75) is 44.4 Å². The number of carbonyl (C=O) groups is 1. The van der Waals surface area contributed by atoms with E-state index < -0.39 is 10.0 Å². The number of nitrogens with zero attached hydrogens (tertiary/aromatic N) is 1. The summed E-state index contributed by atoms with van der Waals surface area (Å²) in [6.45, 7) is 5.40. The molecule has 0 atom stereocenters. The third kappa shape index (κ3) is 6.82. The SMILES string of the molecule is CC(C)COc1ccc(C(=O)Nc2ccc(S(=O)(=O)NC3=NCCCCC3)cc2)cc1. The summed E-state index contributed by atoms with van der Waals surface area (Å²) in [5.74, 6) is 1.36. The number of ether oxygens (including phenoxy) is 1. The Balaban J connectivity index is 1.60. The molecule has 1 aliphatic rings. The number of carbonyl (C=O) groups excluding carboxylic acids is 1. The van der Waals surface area contributed by atoms with Gasteiger partial charge >= 0.3 is 0 Å². The first-order valence-corrected chi connectivity index (χ1v) is 12.0. The van der Waals surface area contributed by atoms with Crippen LogP contribution >= 0.6 is 0 Å².